The van der Waals surface area contributed by atoms with Crippen LogP contribution >= 0.6 is 0 Å². The largest absolute Gasteiger partial charge is 0.477 e. The number of anilines is 3. The second-order valence-corrected chi connectivity index (χ2v) is 4.75. The van der Waals surface area contributed by atoms with Crippen LogP contribution in [-0.2, 0) is 0 Å². The van der Waals surface area contributed by atoms with E-state index in [1.54, 1.807) is 6.07 Å². The third-order valence-electron chi connectivity index (χ3n) is 3.47. The van der Waals surface area contributed by atoms with E-state index in [-0.39, 0.29) is 5.69 Å². The first-order chi connectivity index (χ1) is 9.66. The SMILES string of the molecule is CN1CCN(c2cccc(C(=O)O)n2)c2ccccc21. The van der Waals surface area contributed by atoms with E-state index >= 15 is 0 Å². The summed E-state index contributed by atoms with van der Waals surface area (Å²) in [5, 5.41) is 9.06. The molecule has 5 heteroatoms. The number of aromatic nitrogens is 1. The number of rotatable bonds is 2. The van der Waals surface area contributed by atoms with E-state index in [0.717, 1.165) is 24.5 Å². The van der Waals surface area contributed by atoms with Crippen molar-refractivity contribution in [3.05, 3.63) is 48.2 Å². The maximum absolute atomic E-state index is 11.0. The minimum atomic E-state index is -1.01. The zero-order valence-corrected chi connectivity index (χ0v) is 11.2. The van der Waals surface area contributed by atoms with Crippen molar-refractivity contribution in [3.8, 4) is 0 Å². The molecule has 0 amide bonds. The van der Waals surface area contributed by atoms with E-state index in [0.29, 0.717) is 5.82 Å². The smallest absolute Gasteiger partial charge is 0.354 e. The normalized spacial score (nSPS) is 14.1. The summed E-state index contributed by atoms with van der Waals surface area (Å²) >= 11 is 0. The van der Waals surface area contributed by atoms with Crippen molar-refractivity contribution >= 4 is 23.2 Å². The van der Waals surface area contributed by atoms with Crippen LogP contribution in [0.2, 0.25) is 0 Å². The van der Waals surface area contributed by atoms with Crippen molar-refractivity contribution in [3.63, 3.8) is 0 Å². The lowest BCUT2D eigenvalue weighted by molar-refractivity contribution is 0.0690. The van der Waals surface area contributed by atoms with E-state index in [4.69, 9.17) is 5.11 Å². The van der Waals surface area contributed by atoms with E-state index in [2.05, 4.69) is 27.9 Å². The average molecular weight is 269 g/mol. The maximum Gasteiger partial charge on any atom is 0.354 e. The van der Waals surface area contributed by atoms with E-state index in [1.807, 2.05) is 24.3 Å². The third kappa shape index (κ3) is 2.07. The molecule has 102 valence electrons. The van der Waals surface area contributed by atoms with Crippen LogP contribution in [0.1, 0.15) is 10.5 Å². The van der Waals surface area contributed by atoms with E-state index < -0.39 is 5.97 Å². The first-order valence-electron chi connectivity index (χ1n) is 6.45. The predicted molar refractivity (Wildman–Crippen MR) is 77.9 cm³/mol. The minimum Gasteiger partial charge on any atom is -0.477 e. The Morgan fingerprint density at radius 2 is 1.85 bits per heavy atom. The zero-order valence-electron chi connectivity index (χ0n) is 11.2. The van der Waals surface area contributed by atoms with Gasteiger partial charge in [0, 0.05) is 20.1 Å². The highest BCUT2D eigenvalue weighted by molar-refractivity contribution is 5.86. The topological polar surface area (TPSA) is 56.7 Å². The molecular formula is C15H15N3O2. The molecule has 2 heterocycles. The summed E-state index contributed by atoms with van der Waals surface area (Å²) in [5.41, 5.74) is 2.25. The molecule has 0 saturated carbocycles. The van der Waals surface area contributed by atoms with Crippen molar-refractivity contribution in [2.45, 2.75) is 0 Å². The van der Waals surface area contributed by atoms with Crippen molar-refractivity contribution in [1.29, 1.82) is 0 Å². The zero-order chi connectivity index (χ0) is 14.1. The summed E-state index contributed by atoms with van der Waals surface area (Å²) in [7, 11) is 2.05. The third-order valence-corrected chi connectivity index (χ3v) is 3.47. The van der Waals surface area contributed by atoms with Crippen molar-refractivity contribution in [2.75, 3.05) is 29.9 Å². The van der Waals surface area contributed by atoms with Crippen molar-refractivity contribution in [1.82, 2.24) is 4.98 Å². The number of likely N-dealkylation sites (N-methyl/N-ethyl adjacent to an activating group) is 1. The van der Waals surface area contributed by atoms with Crippen LogP contribution in [0, 0.1) is 0 Å². The van der Waals surface area contributed by atoms with Crippen LogP contribution in [-0.4, -0.2) is 36.2 Å². The first kappa shape index (κ1) is 12.5. The van der Waals surface area contributed by atoms with Crippen LogP contribution in [0.4, 0.5) is 17.2 Å². The summed E-state index contributed by atoms with van der Waals surface area (Å²) in [5.74, 6) is -0.334. The van der Waals surface area contributed by atoms with Crippen LogP contribution in [0.15, 0.2) is 42.5 Å². The van der Waals surface area contributed by atoms with Gasteiger partial charge in [-0.05, 0) is 24.3 Å². The van der Waals surface area contributed by atoms with Gasteiger partial charge in [-0.25, -0.2) is 9.78 Å². The standard InChI is InChI=1S/C15H15N3O2/c1-17-9-10-18(13-7-3-2-6-12(13)17)14-8-4-5-11(16-14)15(19)20/h2-8H,9-10H2,1H3,(H,19,20). The van der Waals surface area contributed by atoms with Gasteiger partial charge < -0.3 is 14.9 Å². The van der Waals surface area contributed by atoms with Gasteiger partial charge in [-0.1, -0.05) is 18.2 Å². The molecule has 0 radical (unpaired) electrons. The minimum absolute atomic E-state index is 0.0684. The summed E-state index contributed by atoms with van der Waals surface area (Å²) in [6.07, 6.45) is 0. The quantitative estimate of drug-likeness (QED) is 0.907. The highest BCUT2D eigenvalue weighted by Gasteiger charge is 2.22. The number of carboxylic acids is 1. The first-order valence-corrected chi connectivity index (χ1v) is 6.45. The summed E-state index contributed by atoms with van der Waals surface area (Å²) in [4.78, 5) is 19.5. The van der Waals surface area contributed by atoms with E-state index in [1.165, 1.54) is 6.07 Å². The molecule has 1 aliphatic heterocycles. The van der Waals surface area contributed by atoms with Gasteiger partial charge in [0.1, 0.15) is 5.82 Å². The van der Waals surface area contributed by atoms with Gasteiger partial charge >= 0.3 is 5.97 Å². The number of hydrogen-bond donors (Lipinski definition) is 1. The summed E-state index contributed by atoms with van der Waals surface area (Å²) in [6, 6.07) is 13.1. The predicted octanol–water partition coefficient (Wildman–Crippen LogP) is 2.37. The molecule has 0 atom stereocenters. The molecule has 2 aromatic rings. The number of para-hydroxylation sites is 2. The van der Waals surface area contributed by atoms with Gasteiger partial charge in [-0.15, -0.1) is 0 Å². The number of pyridine rings is 1. The number of fused-ring (bicyclic) bond motifs is 1. The molecule has 0 fully saturated rings. The molecular weight excluding hydrogens is 254 g/mol. The highest BCUT2D eigenvalue weighted by atomic mass is 16.4. The van der Waals surface area contributed by atoms with Gasteiger partial charge in [0.2, 0.25) is 0 Å². The Morgan fingerprint density at radius 3 is 2.60 bits per heavy atom. The molecule has 0 saturated heterocycles. The monoisotopic (exact) mass is 269 g/mol. The fourth-order valence-electron chi connectivity index (χ4n) is 2.44. The van der Waals surface area contributed by atoms with Crippen LogP contribution in [0.5, 0.6) is 0 Å². The lowest BCUT2D eigenvalue weighted by atomic mass is 10.1. The lowest BCUT2D eigenvalue weighted by Crippen LogP contribution is -2.36. The van der Waals surface area contributed by atoms with Gasteiger partial charge in [0.25, 0.3) is 0 Å². The molecule has 0 aliphatic carbocycles. The molecule has 5 nitrogen and oxygen atoms in total. The molecule has 0 spiro atoms. The lowest BCUT2D eigenvalue weighted by Gasteiger charge is -2.36. The van der Waals surface area contributed by atoms with Crippen LogP contribution in [0.25, 0.3) is 0 Å². The molecule has 0 unspecified atom stereocenters. The molecule has 1 aromatic carbocycles. The number of carboxylic acid groups (broad SMARTS) is 1. The fraction of sp³-hybridized carbons (Fsp3) is 0.200. The van der Waals surface area contributed by atoms with Gasteiger partial charge in [0.05, 0.1) is 11.4 Å². The molecule has 1 aliphatic rings. The van der Waals surface area contributed by atoms with Gasteiger partial charge in [0.15, 0.2) is 5.69 Å². The Balaban J connectivity index is 2.05. The average Bonchev–Trinajstić information content (AvgIpc) is 2.48. The summed E-state index contributed by atoms with van der Waals surface area (Å²) in [6.45, 7) is 1.65. The van der Waals surface area contributed by atoms with Crippen LogP contribution < -0.4 is 9.80 Å². The van der Waals surface area contributed by atoms with Crippen molar-refractivity contribution in [2.24, 2.45) is 0 Å². The number of benzene rings is 1. The molecule has 0 bridgehead atoms. The number of nitrogens with zero attached hydrogens (tertiary/aromatic N) is 3. The Labute approximate surface area is 117 Å². The number of aromatic carboxylic acids is 1. The van der Waals surface area contributed by atoms with E-state index in [9.17, 15) is 4.79 Å². The van der Waals surface area contributed by atoms with Crippen LogP contribution in [0.3, 0.4) is 0 Å². The summed E-state index contributed by atoms with van der Waals surface area (Å²) < 4.78 is 0. The molecule has 1 N–H and O–H groups in total. The Bertz CT molecular complexity index is 657. The van der Waals surface area contributed by atoms with Crippen molar-refractivity contribution < 1.29 is 9.90 Å². The highest BCUT2D eigenvalue weighted by Crippen LogP contribution is 2.35. The molecule has 1 aromatic heterocycles. The maximum atomic E-state index is 11.0. The number of hydrogen-bond acceptors (Lipinski definition) is 4. The van der Waals surface area contributed by atoms with Gasteiger partial charge in [-0.2, -0.15) is 0 Å². The Morgan fingerprint density at radius 1 is 1.10 bits per heavy atom. The molecule has 3 rings (SSSR count). The van der Waals surface area contributed by atoms with Gasteiger partial charge in [-0.3, -0.25) is 0 Å². The second-order valence-electron chi connectivity index (χ2n) is 4.75. The Hall–Kier alpha value is -2.56. The Kier molecular flexibility index (Phi) is 3.02. The second kappa shape index (κ2) is 4.85. The fourth-order valence-corrected chi connectivity index (χ4v) is 2.44. The number of carbonyl (C=O) groups is 1. The molecule has 20 heavy (non-hydrogen) atoms.